The summed E-state index contributed by atoms with van der Waals surface area (Å²) in [4.78, 5) is 23.3. The van der Waals surface area contributed by atoms with Crippen LogP contribution in [0.25, 0.3) is 5.69 Å². The minimum Gasteiger partial charge on any atom is -0.478 e. The number of aromatic nitrogens is 1. The van der Waals surface area contributed by atoms with Crippen LogP contribution in [-0.4, -0.2) is 15.6 Å². The van der Waals surface area contributed by atoms with Crippen molar-refractivity contribution in [3.05, 3.63) is 62.3 Å². The topological polar surface area (TPSA) is 59.3 Å². The lowest BCUT2D eigenvalue weighted by atomic mass is 10.1. The molecule has 0 aliphatic rings. The van der Waals surface area contributed by atoms with Crippen molar-refractivity contribution < 1.29 is 14.3 Å². The summed E-state index contributed by atoms with van der Waals surface area (Å²) in [5.74, 6) is -1.93. The van der Waals surface area contributed by atoms with Gasteiger partial charge in [-0.05, 0) is 31.5 Å². The molecular weight excluding hydrogens is 285 g/mol. The van der Waals surface area contributed by atoms with E-state index in [0.29, 0.717) is 5.56 Å². The summed E-state index contributed by atoms with van der Waals surface area (Å²) in [6, 6.07) is 5.38. The van der Waals surface area contributed by atoms with E-state index >= 15 is 0 Å². The molecule has 0 fully saturated rings. The molecule has 20 heavy (non-hydrogen) atoms. The number of aryl methyl sites for hydroxylation is 1. The van der Waals surface area contributed by atoms with Gasteiger partial charge in [-0.1, -0.05) is 17.7 Å². The van der Waals surface area contributed by atoms with Crippen LogP contribution in [0.4, 0.5) is 4.39 Å². The molecule has 1 aromatic carbocycles. The summed E-state index contributed by atoms with van der Waals surface area (Å²) < 4.78 is 15.1. The molecule has 0 radical (unpaired) electrons. The number of aromatic carboxylic acids is 1. The first-order valence-electron chi connectivity index (χ1n) is 5.75. The maximum Gasteiger partial charge on any atom is 0.337 e. The number of carboxylic acid groups (broad SMARTS) is 1. The Hall–Kier alpha value is -2.14. The third-order valence-electron chi connectivity index (χ3n) is 3.04. The molecule has 1 aromatic heterocycles. The number of carbonyl (C=O) groups is 1. The first-order valence-corrected chi connectivity index (χ1v) is 6.13. The zero-order valence-electron chi connectivity index (χ0n) is 10.8. The van der Waals surface area contributed by atoms with Gasteiger partial charge >= 0.3 is 5.97 Å². The minimum atomic E-state index is -1.17. The third-order valence-corrected chi connectivity index (χ3v) is 3.33. The number of hydrogen-bond donors (Lipinski definition) is 1. The summed E-state index contributed by atoms with van der Waals surface area (Å²) in [7, 11) is 0. The van der Waals surface area contributed by atoms with E-state index in [4.69, 9.17) is 11.6 Å². The molecule has 0 aliphatic carbocycles. The number of hydrogen-bond acceptors (Lipinski definition) is 2. The highest BCUT2D eigenvalue weighted by atomic mass is 35.5. The monoisotopic (exact) mass is 295 g/mol. The van der Waals surface area contributed by atoms with Crippen LogP contribution in [0.3, 0.4) is 0 Å². The quantitative estimate of drug-likeness (QED) is 0.926. The van der Waals surface area contributed by atoms with Gasteiger partial charge in [0.1, 0.15) is 0 Å². The van der Waals surface area contributed by atoms with E-state index < -0.39 is 17.3 Å². The highest BCUT2D eigenvalue weighted by molar-refractivity contribution is 6.30. The van der Waals surface area contributed by atoms with Gasteiger partial charge in [-0.3, -0.25) is 9.36 Å². The number of nitrogens with zero attached hydrogens (tertiary/aromatic N) is 1. The molecule has 104 valence electrons. The van der Waals surface area contributed by atoms with Crippen LogP contribution < -0.4 is 5.56 Å². The Morgan fingerprint density at radius 1 is 1.35 bits per heavy atom. The Bertz CT molecular complexity index is 768. The molecule has 0 aliphatic heterocycles. The predicted octanol–water partition coefficient (Wildman–Crippen LogP) is 2.95. The van der Waals surface area contributed by atoms with Gasteiger partial charge in [0.15, 0.2) is 5.82 Å². The number of rotatable bonds is 2. The molecule has 2 aromatic rings. The van der Waals surface area contributed by atoms with Crippen molar-refractivity contribution in [2.24, 2.45) is 0 Å². The molecule has 0 saturated carbocycles. The van der Waals surface area contributed by atoms with Crippen molar-refractivity contribution in [1.82, 2.24) is 4.57 Å². The van der Waals surface area contributed by atoms with Gasteiger partial charge in [0.2, 0.25) is 0 Å². The van der Waals surface area contributed by atoms with Crippen LogP contribution in [0.5, 0.6) is 0 Å². The summed E-state index contributed by atoms with van der Waals surface area (Å²) in [5.41, 5.74) is -0.111. The lowest BCUT2D eigenvalue weighted by molar-refractivity contribution is 0.0694. The summed E-state index contributed by atoms with van der Waals surface area (Å²) in [6.07, 6.45) is 0. The summed E-state index contributed by atoms with van der Waals surface area (Å²) >= 11 is 5.70. The fourth-order valence-corrected chi connectivity index (χ4v) is 2.34. The van der Waals surface area contributed by atoms with E-state index in [9.17, 15) is 19.1 Å². The minimum absolute atomic E-state index is 0.0241. The lowest BCUT2D eigenvalue weighted by Gasteiger charge is -2.15. The molecule has 0 bridgehead atoms. The first kappa shape index (κ1) is 14.3. The van der Waals surface area contributed by atoms with Crippen LogP contribution in [0, 0.1) is 19.7 Å². The maximum atomic E-state index is 14.0. The third kappa shape index (κ3) is 2.20. The largest absolute Gasteiger partial charge is 0.478 e. The van der Waals surface area contributed by atoms with E-state index in [1.165, 1.54) is 32.0 Å². The maximum absolute atomic E-state index is 14.0. The molecule has 0 amide bonds. The van der Waals surface area contributed by atoms with Crippen molar-refractivity contribution in [3.63, 3.8) is 0 Å². The van der Waals surface area contributed by atoms with E-state index in [-0.39, 0.29) is 22.0 Å². The Kier molecular flexibility index (Phi) is 3.63. The molecule has 0 saturated heterocycles. The Morgan fingerprint density at radius 2 is 2.00 bits per heavy atom. The smallest absolute Gasteiger partial charge is 0.337 e. The van der Waals surface area contributed by atoms with E-state index in [2.05, 4.69) is 0 Å². The SMILES string of the molecule is Cc1cc(=O)n(-c2cccc(Cl)c2F)c(C)c1C(=O)O. The molecule has 0 unspecified atom stereocenters. The fraction of sp³-hybridized carbons (Fsp3) is 0.143. The highest BCUT2D eigenvalue weighted by Crippen LogP contribution is 2.23. The van der Waals surface area contributed by atoms with Crippen LogP contribution in [0.2, 0.25) is 5.02 Å². The average molecular weight is 296 g/mol. The Labute approximate surface area is 119 Å². The molecule has 6 heteroatoms. The van der Waals surface area contributed by atoms with Gasteiger partial charge in [0, 0.05) is 11.8 Å². The Balaban J connectivity index is 2.88. The first-order chi connectivity index (χ1) is 9.34. The van der Waals surface area contributed by atoms with Crippen LogP contribution >= 0.6 is 11.6 Å². The highest BCUT2D eigenvalue weighted by Gasteiger charge is 2.19. The van der Waals surface area contributed by atoms with Gasteiger partial charge in [-0.15, -0.1) is 0 Å². The zero-order valence-corrected chi connectivity index (χ0v) is 11.5. The normalized spacial score (nSPS) is 10.6. The van der Waals surface area contributed by atoms with E-state index in [1.807, 2.05) is 0 Å². The molecule has 0 spiro atoms. The van der Waals surface area contributed by atoms with E-state index in [0.717, 1.165) is 10.6 Å². The fourth-order valence-electron chi connectivity index (χ4n) is 2.17. The Morgan fingerprint density at radius 3 is 2.60 bits per heavy atom. The summed E-state index contributed by atoms with van der Waals surface area (Å²) in [5, 5.41) is 9.06. The van der Waals surface area contributed by atoms with Crippen molar-refractivity contribution in [1.29, 1.82) is 0 Å². The van der Waals surface area contributed by atoms with Gasteiger partial charge < -0.3 is 5.11 Å². The van der Waals surface area contributed by atoms with Crippen molar-refractivity contribution in [3.8, 4) is 5.69 Å². The predicted molar refractivity (Wildman–Crippen MR) is 73.4 cm³/mol. The standard InChI is InChI=1S/C14H11ClFNO3/c1-7-6-11(18)17(8(2)12(7)14(19)20)10-5-3-4-9(15)13(10)16/h3-6H,1-2H3,(H,19,20). The second-order valence-corrected chi connectivity index (χ2v) is 4.75. The number of benzene rings is 1. The van der Waals surface area contributed by atoms with Crippen molar-refractivity contribution in [2.45, 2.75) is 13.8 Å². The number of pyridine rings is 1. The number of carboxylic acids is 1. The van der Waals surface area contributed by atoms with Crippen LogP contribution in [-0.2, 0) is 0 Å². The second kappa shape index (κ2) is 5.09. The van der Waals surface area contributed by atoms with E-state index in [1.54, 1.807) is 0 Å². The average Bonchev–Trinajstić information content (AvgIpc) is 2.33. The lowest BCUT2D eigenvalue weighted by Crippen LogP contribution is -2.24. The zero-order chi connectivity index (χ0) is 15.0. The van der Waals surface area contributed by atoms with Gasteiger partial charge in [-0.25, -0.2) is 9.18 Å². The second-order valence-electron chi connectivity index (χ2n) is 4.34. The van der Waals surface area contributed by atoms with Gasteiger partial charge in [0.05, 0.1) is 16.3 Å². The van der Waals surface area contributed by atoms with Crippen LogP contribution in [0.1, 0.15) is 21.6 Å². The van der Waals surface area contributed by atoms with Gasteiger partial charge in [-0.2, -0.15) is 0 Å². The van der Waals surface area contributed by atoms with Crippen LogP contribution in [0.15, 0.2) is 29.1 Å². The van der Waals surface area contributed by atoms with Crippen molar-refractivity contribution in [2.75, 3.05) is 0 Å². The summed E-state index contributed by atoms with van der Waals surface area (Å²) in [6.45, 7) is 2.98. The number of halogens is 2. The molecule has 0 atom stereocenters. The molecular formula is C14H11ClFNO3. The molecule has 1 heterocycles. The molecule has 1 N–H and O–H groups in total. The van der Waals surface area contributed by atoms with Gasteiger partial charge in [0.25, 0.3) is 5.56 Å². The molecule has 2 rings (SSSR count). The van der Waals surface area contributed by atoms with Crippen molar-refractivity contribution >= 4 is 17.6 Å². The molecule has 4 nitrogen and oxygen atoms in total.